The number of tetrazole rings is 2. The van der Waals surface area contributed by atoms with E-state index in [4.69, 9.17) is 22.1 Å². The van der Waals surface area contributed by atoms with Crippen LogP contribution in [-0.2, 0) is 36.5 Å². The van der Waals surface area contributed by atoms with Gasteiger partial charge in [0.05, 0.1) is 18.5 Å². The monoisotopic (exact) mass is 518 g/mol. The number of pyridine rings is 1. The Hall–Kier alpha value is -3.41. The largest absolute Gasteiger partial charge is 0.507 e. The Morgan fingerprint density at radius 3 is 2.56 bits per heavy atom. The van der Waals surface area contributed by atoms with Crippen LogP contribution in [0.5, 0.6) is 0 Å². The van der Waals surface area contributed by atoms with Crippen LogP contribution in [0.4, 0.5) is 23.9 Å². The SMILES string of the molecule is CC(OC(=O)O)N(C(=S)c1ccc(C(F)(F)F)nc1CSCc1nnn(C)n1)c1nnnn1C. The van der Waals surface area contributed by atoms with Gasteiger partial charge in [-0.3, -0.25) is 4.90 Å². The molecule has 34 heavy (non-hydrogen) atoms. The lowest BCUT2D eigenvalue weighted by Crippen LogP contribution is -2.43. The summed E-state index contributed by atoms with van der Waals surface area (Å²) in [4.78, 5) is 17.2. The number of aromatic nitrogens is 9. The number of thioether (sulfide) groups is 1. The van der Waals surface area contributed by atoms with Crippen molar-refractivity contribution in [2.45, 2.75) is 30.8 Å². The molecule has 0 aliphatic rings. The standard InChI is InChI=1S/C16H17F3N10O3S2/c1-8(32-15(30)31)29(14-22-24-26-27(14)2)13(33)9-4-5-11(16(17,18)19)20-10(9)6-34-7-12-21-25-28(3)23-12/h4-5,8H,6-7H2,1-3H3,(H,30,31). The summed E-state index contributed by atoms with van der Waals surface area (Å²) in [6, 6.07) is 1.95. The molecule has 3 aromatic heterocycles. The highest BCUT2D eigenvalue weighted by Gasteiger charge is 2.34. The van der Waals surface area contributed by atoms with Crippen molar-refractivity contribution < 1.29 is 27.8 Å². The molecule has 0 aliphatic heterocycles. The van der Waals surface area contributed by atoms with Crippen LogP contribution in [0.3, 0.4) is 0 Å². The summed E-state index contributed by atoms with van der Waals surface area (Å²) in [5, 5.41) is 31.6. The van der Waals surface area contributed by atoms with Crippen LogP contribution in [0.1, 0.15) is 29.7 Å². The molecule has 0 bridgehead atoms. The fraction of sp³-hybridized carbons (Fsp3) is 0.438. The molecule has 1 unspecified atom stereocenters. The van der Waals surface area contributed by atoms with E-state index in [2.05, 4.69) is 35.9 Å². The van der Waals surface area contributed by atoms with E-state index in [1.807, 2.05) is 0 Å². The van der Waals surface area contributed by atoms with Crippen LogP contribution in [0, 0.1) is 0 Å². The Morgan fingerprint density at radius 1 is 1.26 bits per heavy atom. The lowest BCUT2D eigenvalue weighted by Gasteiger charge is -2.28. The molecule has 1 N–H and O–H groups in total. The third-order valence-corrected chi connectivity index (χ3v) is 5.54. The van der Waals surface area contributed by atoms with Gasteiger partial charge in [-0.15, -0.1) is 22.0 Å². The Bertz CT molecular complexity index is 1190. The number of rotatable bonds is 8. The van der Waals surface area contributed by atoms with Crippen LogP contribution < -0.4 is 4.90 Å². The van der Waals surface area contributed by atoms with Crippen molar-refractivity contribution in [2.24, 2.45) is 14.1 Å². The number of nitrogens with zero attached hydrogens (tertiary/aromatic N) is 10. The minimum Gasteiger partial charge on any atom is -0.450 e. The number of hydrogen-bond donors (Lipinski definition) is 1. The molecule has 0 aliphatic carbocycles. The third-order valence-electron chi connectivity index (χ3n) is 4.18. The van der Waals surface area contributed by atoms with E-state index in [9.17, 15) is 18.0 Å². The predicted molar refractivity (Wildman–Crippen MR) is 115 cm³/mol. The molecule has 0 saturated carbocycles. The van der Waals surface area contributed by atoms with Crippen LogP contribution in [0.15, 0.2) is 12.1 Å². The maximum atomic E-state index is 13.3. The molecule has 0 radical (unpaired) electrons. The smallest absolute Gasteiger partial charge is 0.450 e. The minimum absolute atomic E-state index is 0.0105. The first-order valence-electron chi connectivity index (χ1n) is 9.30. The number of carbonyl (C=O) groups is 1. The van der Waals surface area contributed by atoms with Crippen LogP contribution in [0.2, 0.25) is 0 Å². The van der Waals surface area contributed by atoms with Crippen LogP contribution >= 0.6 is 24.0 Å². The molecule has 1 atom stereocenters. The van der Waals surface area contributed by atoms with Crippen molar-refractivity contribution in [3.8, 4) is 0 Å². The number of ether oxygens (including phenoxy) is 1. The Morgan fingerprint density at radius 2 is 2.00 bits per heavy atom. The van der Waals surface area contributed by atoms with Crippen molar-refractivity contribution in [3.05, 3.63) is 34.9 Å². The van der Waals surface area contributed by atoms with Gasteiger partial charge in [-0.1, -0.05) is 17.3 Å². The molecule has 0 aromatic carbocycles. The molecule has 3 rings (SSSR count). The van der Waals surface area contributed by atoms with E-state index in [0.717, 1.165) is 6.07 Å². The molecule has 18 heteroatoms. The van der Waals surface area contributed by atoms with Crippen molar-refractivity contribution >= 4 is 41.1 Å². The van der Waals surface area contributed by atoms with Gasteiger partial charge in [0.25, 0.3) is 5.95 Å². The number of hydrogen-bond acceptors (Lipinski definition) is 11. The summed E-state index contributed by atoms with van der Waals surface area (Å²) >= 11 is 6.72. The van der Waals surface area contributed by atoms with Crippen molar-refractivity contribution in [2.75, 3.05) is 4.90 Å². The van der Waals surface area contributed by atoms with Gasteiger partial charge in [-0.2, -0.15) is 18.0 Å². The molecular weight excluding hydrogens is 501 g/mol. The lowest BCUT2D eigenvalue weighted by atomic mass is 10.1. The van der Waals surface area contributed by atoms with Gasteiger partial charge in [-0.05, 0) is 34.7 Å². The molecule has 182 valence electrons. The van der Waals surface area contributed by atoms with Crippen molar-refractivity contribution in [1.82, 2.24) is 45.4 Å². The fourth-order valence-corrected chi connectivity index (χ4v) is 3.99. The van der Waals surface area contributed by atoms with Gasteiger partial charge < -0.3 is 9.84 Å². The topological polar surface area (TPSA) is 150 Å². The zero-order valence-electron chi connectivity index (χ0n) is 17.8. The number of anilines is 1. The first-order valence-corrected chi connectivity index (χ1v) is 10.9. The van der Waals surface area contributed by atoms with E-state index in [-0.39, 0.29) is 33.7 Å². The minimum atomic E-state index is -4.68. The van der Waals surface area contributed by atoms with Gasteiger partial charge in [0, 0.05) is 18.4 Å². The second-order valence-electron chi connectivity index (χ2n) is 6.64. The molecule has 0 spiro atoms. The number of carboxylic acid groups (broad SMARTS) is 1. The molecule has 3 heterocycles. The summed E-state index contributed by atoms with van der Waals surface area (Å²) in [7, 11) is 3.07. The highest BCUT2D eigenvalue weighted by atomic mass is 32.2. The molecular formula is C16H17F3N10O3S2. The van der Waals surface area contributed by atoms with Gasteiger partial charge in [0.15, 0.2) is 12.1 Å². The van der Waals surface area contributed by atoms with Crippen LogP contribution in [0.25, 0.3) is 0 Å². The predicted octanol–water partition coefficient (Wildman–Crippen LogP) is 1.80. The Kier molecular flexibility index (Phi) is 7.60. The fourth-order valence-electron chi connectivity index (χ4n) is 2.76. The van der Waals surface area contributed by atoms with E-state index in [0.29, 0.717) is 5.82 Å². The average molecular weight is 519 g/mol. The maximum Gasteiger partial charge on any atom is 0.507 e. The Labute approximate surface area is 199 Å². The molecule has 3 aromatic rings. The third kappa shape index (κ3) is 5.93. The first-order chi connectivity index (χ1) is 16.0. The van der Waals surface area contributed by atoms with E-state index in [1.165, 1.54) is 46.2 Å². The summed E-state index contributed by atoms with van der Waals surface area (Å²) in [6.07, 6.45) is -7.48. The van der Waals surface area contributed by atoms with Crippen LogP contribution in [-0.4, -0.2) is 67.9 Å². The van der Waals surface area contributed by atoms with Crippen molar-refractivity contribution in [3.63, 3.8) is 0 Å². The summed E-state index contributed by atoms with van der Waals surface area (Å²) < 4.78 is 46.0. The zero-order valence-corrected chi connectivity index (χ0v) is 19.5. The second kappa shape index (κ2) is 10.2. The highest BCUT2D eigenvalue weighted by molar-refractivity contribution is 7.97. The number of thiocarbonyl (C=S) groups is 1. The Balaban J connectivity index is 1.97. The first kappa shape index (κ1) is 25.2. The van der Waals surface area contributed by atoms with Gasteiger partial charge in [0.1, 0.15) is 10.7 Å². The van der Waals surface area contributed by atoms with Gasteiger partial charge >= 0.3 is 12.3 Å². The lowest BCUT2D eigenvalue weighted by molar-refractivity contribution is -0.141. The number of halogens is 3. The van der Waals surface area contributed by atoms with E-state index in [1.54, 1.807) is 7.05 Å². The van der Waals surface area contributed by atoms with Gasteiger partial charge in [-0.25, -0.2) is 14.5 Å². The zero-order chi connectivity index (χ0) is 25.0. The average Bonchev–Trinajstić information content (AvgIpc) is 3.35. The second-order valence-corrected chi connectivity index (χ2v) is 8.01. The summed E-state index contributed by atoms with van der Waals surface area (Å²) in [6.45, 7) is 1.38. The quantitative estimate of drug-likeness (QED) is 0.262. The van der Waals surface area contributed by atoms with Gasteiger partial charge in [0.2, 0.25) is 0 Å². The molecule has 0 saturated heterocycles. The normalized spacial score (nSPS) is 12.4. The highest BCUT2D eigenvalue weighted by Crippen LogP contribution is 2.30. The molecule has 0 amide bonds. The summed E-state index contributed by atoms with van der Waals surface area (Å²) in [5.74, 6) is 0.671. The van der Waals surface area contributed by atoms with E-state index >= 15 is 0 Å². The van der Waals surface area contributed by atoms with Crippen molar-refractivity contribution in [1.29, 1.82) is 0 Å². The maximum absolute atomic E-state index is 13.3. The molecule has 0 fully saturated rings. The van der Waals surface area contributed by atoms with E-state index < -0.39 is 24.3 Å². The molecule has 13 nitrogen and oxygen atoms in total. The number of alkyl halides is 3. The summed E-state index contributed by atoms with van der Waals surface area (Å²) in [5.41, 5.74) is -0.947. The number of aryl methyl sites for hydroxylation is 2.